The second-order valence-corrected chi connectivity index (χ2v) is 9.32. The van der Waals surface area contributed by atoms with E-state index in [1.54, 1.807) is 6.07 Å². The first-order valence-electron chi connectivity index (χ1n) is 11.8. The van der Waals surface area contributed by atoms with Crippen LogP contribution in [0.25, 0.3) is 0 Å². The van der Waals surface area contributed by atoms with Crippen LogP contribution in [0.5, 0.6) is 0 Å². The first-order chi connectivity index (χ1) is 18.6. The summed E-state index contributed by atoms with van der Waals surface area (Å²) in [5, 5.41) is 9.43. The number of halogens is 12. The molecule has 0 amide bonds. The minimum Gasteiger partial charge on any atom is -0.373 e. The maximum absolute atomic E-state index is 13.1. The predicted octanol–water partition coefficient (Wildman–Crippen LogP) is 9.03. The molecular formula is C26H24F12N2O. The van der Waals surface area contributed by atoms with Crippen LogP contribution in [0.15, 0.2) is 58.5 Å². The van der Waals surface area contributed by atoms with E-state index in [0.717, 1.165) is 13.8 Å². The van der Waals surface area contributed by atoms with Crippen LogP contribution in [0.1, 0.15) is 37.8 Å². The number of hydrogen-bond donors (Lipinski definition) is 1. The quantitative estimate of drug-likeness (QED) is 0.224. The Kier molecular flexibility index (Phi) is 10.3. The van der Waals surface area contributed by atoms with E-state index in [9.17, 15) is 57.8 Å². The summed E-state index contributed by atoms with van der Waals surface area (Å²) < 4.78 is 156. The average Bonchev–Trinajstić information content (AvgIpc) is 2.80. The van der Waals surface area contributed by atoms with Gasteiger partial charge in [-0.3, -0.25) is 9.98 Å². The summed E-state index contributed by atoms with van der Waals surface area (Å²) >= 11 is 0. The van der Waals surface area contributed by atoms with Crippen molar-refractivity contribution in [2.45, 2.75) is 69.8 Å². The SMILES string of the molecule is CC(CC(C(F)(F)F)C(F)(F)F)=Nc1ccccc1CCc1ccccc1N=C(C)CC(O)(C(F)(F)F)C(F)(F)F. The fourth-order valence-corrected chi connectivity index (χ4v) is 3.87. The van der Waals surface area contributed by atoms with Gasteiger partial charge in [0.15, 0.2) is 5.92 Å². The number of hydrogen-bond acceptors (Lipinski definition) is 3. The van der Waals surface area contributed by atoms with Crippen molar-refractivity contribution in [2.75, 3.05) is 0 Å². The molecule has 1 N–H and O–H groups in total. The first-order valence-corrected chi connectivity index (χ1v) is 11.8. The van der Waals surface area contributed by atoms with E-state index < -0.39 is 60.5 Å². The second-order valence-electron chi connectivity index (χ2n) is 9.32. The Morgan fingerprint density at radius 1 is 0.634 bits per heavy atom. The summed E-state index contributed by atoms with van der Waals surface area (Å²) in [7, 11) is 0. The molecular weight excluding hydrogens is 584 g/mol. The molecule has 0 heterocycles. The van der Waals surface area contributed by atoms with Crippen molar-refractivity contribution in [3.05, 3.63) is 59.7 Å². The van der Waals surface area contributed by atoms with Crippen molar-refractivity contribution in [1.29, 1.82) is 0 Å². The molecule has 0 radical (unpaired) electrons. The van der Waals surface area contributed by atoms with Crippen molar-refractivity contribution in [1.82, 2.24) is 0 Å². The average molecular weight is 608 g/mol. The van der Waals surface area contributed by atoms with Crippen molar-refractivity contribution in [2.24, 2.45) is 15.9 Å². The van der Waals surface area contributed by atoms with Crippen molar-refractivity contribution < 1.29 is 57.8 Å². The Labute approximate surface area is 226 Å². The van der Waals surface area contributed by atoms with Crippen LogP contribution in [0.3, 0.4) is 0 Å². The van der Waals surface area contributed by atoms with Gasteiger partial charge in [0.1, 0.15) is 0 Å². The predicted molar refractivity (Wildman–Crippen MR) is 128 cm³/mol. The van der Waals surface area contributed by atoms with Gasteiger partial charge in [-0.2, -0.15) is 52.7 Å². The van der Waals surface area contributed by atoms with E-state index in [-0.39, 0.29) is 24.2 Å². The van der Waals surface area contributed by atoms with Gasteiger partial charge in [0.05, 0.1) is 11.4 Å². The molecule has 0 aromatic heterocycles. The van der Waals surface area contributed by atoms with Gasteiger partial charge in [-0.1, -0.05) is 36.4 Å². The molecule has 0 aliphatic rings. The van der Waals surface area contributed by atoms with E-state index in [1.807, 2.05) is 0 Å². The molecule has 0 aliphatic carbocycles. The zero-order chi connectivity index (χ0) is 31.4. The van der Waals surface area contributed by atoms with Crippen LogP contribution in [0.4, 0.5) is 64.1 Å². The molecule has 0 bridgehead atoms. The fourth-order valence-electron chi connectivity index (χ4n) is 3.87. The van der Waals surface area contributed by atoms with Gasteiger partial charge in [0.25, 0.3) is 5.60 Å². The highest BCUT2D eigenvalue weighted by molar-refractivity contribution is 5.86. The molecule has 0 atom stereocenters. The number of alkyl halides is 12. The molecule has 3 nitrogen and oxygen atoms in total. The van der Waals surface area contributed by atoms with Crippen molar-refractivity contribution in [3.63, 3.8) is 0 Å². The Morgan fingerprint density at radius 3 is 1.37 bits per heavy atom. The molecule has 0 saturated heterocycles. The third-order valence-corrected chi connectivity index (χ3v) is 6.01. The van der Waals surface area contributed by atoms with Gasteiger partial charge in [-0.25, -0.2) is 0 Å². The molecule has 0 saturated carbocycles. The van der Waals surface area contributed by atoms with Crippen LogP contribution in [-0.2, 0) is 12.8 Å². The smallest absolute Gasteiger partial charge is 0.373 e. The normalized spacial score (nSPS) is 14.6. The molecule has 2 aromatic carbocycles. The van der Waals surface area contributed by atoms with Crippen molar-refractivity contribution >= 4 is 22.8 Å². The number of aliphatic imine (C=N–C) groups is 2. The molecule has 0 fully saturated rings. The first kappa shape index (κ1) is 34.1. The maximum Gasteiger partial charge on any atom is 0.426 e. The number of aliphatic hydroxyl groups is 1. The highest BCUT2D eigenvalue weighted by Crippen LogP contribution is 2.46. The van der Waals surface area contributed by atoms with Gasteiger partial charge < -0.3 is 5.11 Å². The van der Waals surface area contributed by atoms with Gasteiger partial charge in [0, 0.05) is 24.3 Å². The standard InChI is InChI=1S/C26H24F12N2O/c1-15(13-21(23(27,28)29)24(30,31)32)39-19-9-5-3-7-17(19)11-12-18-8-4-6-10-20(18)40-16(2)14-22(41,25(33,34)35)26(36,37)38/h3-10,21,41H,11-14H2,1-2H3. The van der Waals surface area contributed by atoms with Gasteiger partial charge in [-0.15, -0.1) is 0 Å². The number of nitrogens with zero attached hydrogens (tertiary/aromatic N) is 2. The molecule has 0 unspecified atom stereocenters. The van der Waals surface area contributed by atoms with Crippen LogP contribution < -0.4 is 0 Å². The minimum absolute atomic E-state index is 0.00654. The van der Waals surface area contributed by atoms with Gasteiger partial charge in [-0.05, 0) is 49.9 Å². The largest absolute Gasteiger partial charge is 0.426 e. The van der Waals surface area contributed by atoms with Gasteiger partial charge in [0.2, 0.25) is 0 Å². The topological polar surface area (TPSA) is 45.0 Å². The Balaban J connectivity index is 2.31. The second kappa shape index (κ2) is 12.4. The van der Waals surface area contributed by atoms with E-state index in [2.05, 4.69) is 9.98 Å². The maximum atomic E-state index is 13.1. The zero-order valence-electron chi connectivity index (χ0n) is 21.4. The summed E-state index contributed by atoms with van der Waals surface area (Å²) in [6.07, 6.45) is -26.2. The third-order valence-electron chi connectivity index (χ3n) is 6.01. The molecule has 41 heavy (non-hydrogen) atoms. The van der Waals surface area contributed by atoms with Crippen LogP contribution >= 0.6 is 0 Å². The third kappa shape index (κ3) is 8.94. The summed E-state index contributed by atoms with van der Waals surface area (Å²) in [5.74, 6) is -3.61. The van der Waals surface area contributed by atoms with Crippen LogP contribution in [0, 0.1) is 5.92 Å². The summed E-state index contributed by atoms with van der Waals surface area (Å²) in [6, 6.07) is 11.6. The van der Waals surface area contributed by atoms with Crippen LogP contribution in [-0.4, -0.2) is 46.8 Å². The Hall–Kier alpha value is -3.10. The molecule has 0 aliphatic heterocycles. The number of rotatable bonds is 9. The Bertz CT molecular complexity index is 1210. The van der Waals surface area contributed by atoms with Crippen molar-refractivity contribution in [3.8, 4) is 0 Å². The summed E-state index contributed by atoms with van der Waals surface area (Å²) in [4.78, 5) is 7.79. The van der Waals surface area contributed by atoms with E-state index in [1.165, 1.54) is 42.5 Å². The molecule has 15 heteroatoms. The summed E-state index contributed by atoms with van der Waals surface area (Å²) in [5.41, 5.74) is -5.26. The molecule has 228 valence electrons. The van der Waals surface area contributed by atoms with E-state index in [0.29, 0.717) is 11.1 Å². The monoisotopic (exact) mass is 608 g/mol. The molecule has 0 spiro atoms. The van der Waals surface area contributed by atoms with E-state index >= 15 is 0 Å². The van der Waals surface area contributed by atoms with Gasteiger partial charge >= 0.3 is 24.7 Å². The summed E-state index contributed by atoms with van der Waals surface area (Å²) in [6.45, 7) is 1.91. The highest BCUT2D eigenvalue weighted by atomic mass is 19.4. The zero-order valence-corrected chi connectivity index (χ0v) is 21.4. The van der Waals surface area contributed by atoms with Crippen LogP contribution in [0.2, 0.25) is 0 Å². The number of para-hydroxylation sites is 2. The van der Waals surface area contributed by atoms with E-state index in [4.69, 9.17) is 0 Å². The lowest BCUT2D eigenvalue weighted by molar-refractivity contribution is -0.365. The highest BCUT2D eigenvalue weighted by Gasteiger charge is 2.70. The fraction of sp³-hybridized carbons (Fsp3) is 0.462. The lowest BCUT2D eigenvalue weighted by atomic mass is 9.95. The number of aryl methyl sites for hydroxylation is 2. The lowest BCUT2D eigenvalue weighted by Crippen LogP contribution is -2.57. The minimum atomic E-state index is -6.02. The number of benzene rings is 2. The molecule has 2 aromatic rings. The molecule has 2 rings (SSSR count). The lowest BCUT2D eigenvalue weighted by Gasteiger charge is -2.32. The Morgan fingerprint density at radius 2 is 1.00 bits per heavy atom.